The van der Waals surface area contributed by atoms with Crippen molar-refractivity contribution in [2.45, 2.75) is 26.2 Å². The Bertz CT molecular complexity index is 800. The molecule has 0 aliphatic heterocycles. The van der Waals surface area contributed by atoms with E-state index in [4.69, 9.17) is 4.74 Å². The summed E-state index contributed by atoms with van der Waals surface area (Å²) in [6, 6.07) is 11.5. The summed E-state index contributed by atoms with van der Waals surface area (Å²) in [7, 11) is 0. The number of rotatable bonds is 5. The van der Waals surface area contributed by atoms with Gasteiger partial charge in [0, 0.05) is 17.8 Å². The molecular formula is C18H19BrN2O4. The second-order valence-corrected chi connectivity index (χ2v) is 7.39. The number of anilines is 1. The third kappa shape index (κ3) is 5.29. The van der Waals surface area contributed by atoms with Crippen LogP contribution in [0, 0.1) is 10.1 Å². The van der Waals surface area contributed by atoms with E-state index in [0.717, 1.165) is 10.0 Å². The minimum Gasteiger partial charge on any atom is -0.483 e. The van der Waals surface area contributed by atoms with Gasteiger partial charge in [-0.3, -0.25) is 14.9 Å². The van der Waals surface area contributed by atoms with Crippen LogP contribution in [0.2, 0.25) is 0 Å². The Labute approximate surface area is 154 Å². The normalized spacial score (nSPS) is 11.0. The summed E-state index contributed by atoms with van der Waals surface area (Å²) < 4.78 is 6.29. The van der Waals surface area contributed by atoms with Gasteiger partial charge in [-0.15, -0.1) is 0 Å². The fraction of sp³-hybridized carbons (Fsp3) is 0.278. The van der Waals surface area contributed by atoms with E-state index in [0.29, 0.717) is 11.4 Å². The highest BCUT2D eigenvalue weighted by atomic mass is 79.9. The molecule has 0 heterocycles. The van der Waals surface area contributed by atoms with Crippen LogP contribution in [-0.4, -0.2) is 17.4 Å². The van der Waals surface area contributed by atoms with Crippen molar-refractivity contribution >= 4 is 33.2 Å². The zero-order chi connectivity index (χ0) is 18.6. The summed E-state index contributed by atoms with van der Waals surface area (Å²) in [6.45, 7) is 6.14. The average molecular weight is 407 g/mol. The van der Waals surface area contributed by atoms with Crippen LogP contribution < -0.4 is 10.1 Å². The summed E-state index contributed by atoms with van der Waals surface area (Å²) in [5.41, 5.74) is 1.43. The summed E-state index contributed by atoms with van der Waals surface area (Å²) >= 11 is 3.45. The molecule has 7 heteroatoms. The molecule has 0 saturated carbocycles. The fourth-order valence-electron chi connectivity index (χ4n) is 2.12. The zero-order valence-corrected chi connectivity index (χ0v) is 15.8. The summed E-state index contributed by atoms with van der Waals surface area (Å²) in [5, 5.41) is 13.3. The van der Waals surface area contributed by atoms with Gasteiger partial charge in [-0.2, -0.15) is 0 Å². The van der Waals surface area contributed by atoms with Crippen molar-refractivity contribution in [3.8, 4) is 5.75 Å². The second kappa shape index (κ2) is 7.65. The summed E-state index contributed by atoms with van der Waals surface area (Å²) in [4.78, 5) is 22.2. The van der Waals surface area contributed by atoms with E-state index in [9.17, 15) is 14.9 Å². The largest absolute Gasteiger partial charge is 0.483 e. The Morgan fingerprint density at radius 3 is 2.56 bits per heavy atom. The maximum absolute atomic E-state index is 12.0. The molecule has 1 N–H and O–H groups in total. The quantitative estimate of drug-likeness (QED) is 0.577. The van der Waals surface area contributed by atoms with Crippen LogP contribution >= 0.6 is 15.9 Å². The van der Waals surface area contributed by atoms with Crippen LogP contribution in [0.15, 0.2) is 46.9 Å². The third-order valence-corrected chi connectivity index (χ3v) is 4.12. The van der Waals surface area contributed by atoms with E-state index in [1.807, 2.05) is 18.2 Å². The third-order valence-electron chi connectivity index (χ3n) is 3.50. The number of hydrogen-bond acceptors (Lipinski definition) is 4. The number of ether oxygens (including phenoxy) is 1. The minimum atomic E-state index is -0.514. The van der Waals surface area contributed by atoms with E-state index in [1.165, 1.54) is 18.2 Å². The SMILES string of the molecule is CC(C)(C)c1ccc(OCC(=O)Nc2cccc([N+](=O)[O-])c2)c(Br)c1. The molecule has 0 aromatic heterocycles. The molecule has 2 rings (SSSR count). The molecule has 6 nitrogen and oxygen atoms in total. The fourth-order valence-corrected chi connectivity index (χ4v) is 2.62. The zero-order valence-electron chi connectivity index (χ0n) is 14.2. The lowest BCUT2D eigenvalue weighted by molar-refractivity contribution is -0.384. The molecule has 1 amide bonds. The number of nitro benzene ring substituents is 1. The summed E-state index contributed by atoms with van der Waals surface area (Å²) in [6.07, 6.45) is 0. The van der Waals surface area contributed by atoms with E-state index in [1.54, 1.807) is 6.07 Å². The van der Waals surface area contributed by atoms with Gasteiger partial charge in [0.05, 0.1) is 9.40 Å². The highest BCUT2D eigenvalue weighted by Gasteiger charge is 2.16. The lowest BCUT2D eigenvalue weighted by atomic mass is 9.87. The maximum Gasteiger partial charge on any atom is 0.271 e. The van der Waals surface area contributed by atoms with Crippen LogP contribution in [0.5, 0.6) is 5.75 Å². The first-order chi connectivity index (χ1) is 11.7. The molecule has 2 aromatic rings. The topological polar surface area (TPSA) is 81.5 Å². The Balaban J connectivity index is 1.98. The van der Waals surface area contributed by atoms with E-state index in [2.05, 4.69) is 42.0 Å². The first-order valence-electron chi connectivity index (χ1n) is 7.64. The number of amides is 1. The number of benzene rings is 2. The Morgan fingerprint density at radius 2 is 1.96 bits per heavy atom. The predicted octanol–water partition coefficient (Wildman–Crippen LogP) is 4.67. The number of carbonyl (C=O) groups excluding carboxylic acids is 1. The minimum absolute atomic E-state index is 0.0143. The maximum atomic E-state index is 12.0. The number of nitrogens with one attached hydrogen (secondary N) is 1. The lowest BCUT2D eigenvalue weighted by Gasteiger charge is -2.20. The lowest BCUT2D eigenvalue weighted by Crippen LogP contribution is -2.20. The van der Waals surface area contributed by atoms with E-state index >= 15 is 0 Å². The van der Waals surface area contributed by atoms with Crippen LogP contribution in [0.3, 0.4) is 0 Å². The van der Waals surface area contributed by atoms with Crippen molar-refractivity contribution in [3.63, 3.8) is 0 Å². The molecule has 0 spiro atoms. The standard InChI is InChI=1S/C18H19BrN2O4/c1-18(2,3)12-7-8-16(15(19)9-12)25-11-17(22)20-13-5-4-6-14(10-13)21(23)24/h4-10H,11H2,1-3H3,(H,20,22). The van der Waals surface area contributed by atoms with Gasteiger partial charge in [0.15, 0.2) is 6.61 Å². The van der Waals surface area contributed by atoms with Gasteiger partial charge >= 0.3 is 0 Å². The van der Waals surface area contributed by atoms with Crippen molar-refractivity contribution in [1.29, 1.82) is 0 Å². The number of nitrogens with zero attached hydrogens (tertiary/aromatic N) is 1. The molecule has 0 atom stereocenters. The number of carbonyl (C=O) groups is 1. The van der Waals surface area contributed by atoms with Crippen molar-refractivity contribution in [2.75, 3.05) is 11.9 Å². The van der Waals surface area contributed by atoms with E-state index in [-0.39, 0.29) is 17.7 Å². The van der Waals surface area contributed by atoms with Crippen molar-refractivity contribution < 1.29 is 14.5 Å². The molecule has 0 radical (unpaired) electrons. The first kappa shape index (κ1) is 18.9. The highest BCUT2D eigenvalue weighted by Crippen LogP contribution is 2.31. The van der Waals surface area contributed by atoms with Crippen LogP contribution in [-0.2, 0) is 10.2 Å². The molecule has 0 aliphatic rings. The van der Waals surface area contributed by atoms with Crippen molar-refractivity contribution in [2.24, 2.45) is 0 Å². The highest BCUT2D eigenvalue weighted by molar-refractivity contribution is 9.10. The predicted molar refractivity (Wildman–Crippen MR) is 100 cm³/mol. The molecular weight excluding hydrogens is 388 g/mol. The molecule has 25 heavy (non-hydrogen) atoms. The van der Waals surface area contributed by atoms with Crippen LogP contribution in [0.4, 0.5) is 11.4 Å². The van der Waals surface area contributed by atoms with E-state index < -0.39 is 10.8 Å². The van der Waals surface area contributed by atoms with Gasteiger partial charge in [0.1, 0.15) is 5.75 Å². The molecule has 0 aliphatic carbocycles. The molecule has 0 bridgehead atoms. The first-order valence-corrected chi connectivity index (χ1v) is 8.43. The number of hydrogen-bond donors (Lipinski definition) is 1. The van der Waals surface area contributed by atoms with Gasteiger partial charge in [0.25, 0.3) is 11.6 Å². The van der Waals surface area contributed by atoms with Gasteiger partial charge in [-0.05, 0) is 45.1 Å². The second-order valence-electron chi connectivity index (χ2n) is 6.54. The van der Waals surface area contributed by atoms with Crippen LogP contribution in [0.25, 0.3) is 0 Å². The smallest absolute Gasteiger partial charge is 0.271 e. The van der Waals surface area contributed by atoms with Crippen molar-refractivity contribution in [3.05, 3.63) is 62.6 Å². The van der Waals surface area contributed by atoms with Gasteiger partial charge in [-0.1, -0.05) is 32.9 Å². The molecule has 2 aromatic carbocycles. The Morgan fingerprint density at radius 1 is 1.24 bits per heavy atom. The monoisotopic (exact) mass is 406 g/mol. The number of nitro groups is 1. The molecule has 0 fully saturated rings. The molecule has 0 saturated heterocycles. The Kier molecular flexibility index (Phi) is 5.79. The molecule has 0 unspecified atom stereocenters. The number of halogens is 1. The Hall–Kier alpha value is -2.41. The van der Waals surface area contributed by atoms with Crippen LogP contribution in [0.1, 0.15) is 26.3 Å². The van der Waals surface area contributed by atoms with Crippen molar-refractivity contribution in [1.82, 2.24) is 0 Å². The van der Waals surface area contributed by atoms with Gasteiger partial charge in [0.2, 0.25) is 0 Å². The van der Waals surface area contributed by atoms with Gasteiger partial charge < -0.3 is 10.1 Å². The summed E-state index contributed by atoms with van der Waals surface area (Å²) in [5.74, 6) is 0.162. The number of non-ortho nitro benzene ring substituents is 1. The molecule has 132 valence electrons. The van der Waals surface area contributed by atoms with Gasteiger partial charge in [-0.25, -0.2) is 0 Å². The average Bonchev–Trinajstić information content (AvgIpc) is 2.53.